The largest absolute Gasteiger partial charge is 0.491 e. The van der Waals surface area contributed by atoms with Gasteiger partial charge < -0.3 is 42.6 Å². The zero-order valence-corrected chi connectivity index (χ0v) is 23.5. The first-order valence-electron chi connectivity index (χ1n) is 12.3. The second-order valence-corrected chi connectivity index (χ2v) is 8.27. The molecule has 0 aliphatic heterocycles. The van der Waals surface area contributed by atoms with Crippen molar-refractivity contribution < 1.29 is 47.6 Å². The lowest BCUT2D eigenvalue weighted by molar-refractivity contribution is -0.384. The normalized spacial score (nSPS) is 11.2. The van der Waals surface area contributed by atoms with Crippen molar-refractivity contribution in [1.82, 2.24) is 0 Å². The van der Waals surface area contributed by atoms with Gasteiger partial charge in [0.2, 0.25) is 0 Å². The van der Waals surface area contributed by atoms with Crippen LogP contribution in [-0.2, 0) is 37.9 Å². The van der Waals surface area contributed by atoms with Crippen molar-refractivity contribution in [1.29, 1.82) is 0 Å². The molecule has 37 heavy (non-hydrogen) atoms. The number of benzene rings is 1. The van der Waals surface area contributed by atoms with E-state index in [1.807, 2.05) is 0 Å². The van der Waals surface area contributed by atoms with Crippen LogP contribution in [0.1, 0.15) is 0 Å². The summed E-state index contributed by atoms with van der Waals surface area (Å²) in [6, 6.07) is 5.92. The highest BCUT2D eigenvalue weighted by Crippen LogP contribution is 2.17. The van der Waals surface area contributed by atoms with Gasteiger partial charge in [-0.05, 0) is 12.1 Å². The molecule has 0 aliphatic rings. The Morgan fingerprint density at radius 1 is 0.514 bits per heavy atom. The first-order valence-corrected chi connectivity index (χ1v) is 13.8. The van der Waals surface area contributed by atoms with Crippen LogP contribution in [0.4, 0.5) is 5.69 Å². The fraction of sp³-hybridized carbons (Fsp3) is 0.750. The van der Waals surface area contributed by atoms with E-state index in [1.54, 1.807) is 12.1 Å². The molecule has 1 rings (SSSR count). The van der Waals surface area contributed by atoms with Crippen molar-refractivity contribution >= 4 is 28.3 Å². The van der Waals surface area contributed by atoms with Gasteiger partial charge in [0.25, 0.3) is 5.69 Å². The first-order chi connectivity index (χ1) is 18.2. The monoisotopic (exact) mass is 645 g/mol. The van der Waals surface area contributed by atoms with Gasteiger partial charge in [0.1, 0.15) is 12.4 Å². The van der Waals surface area contributed by atoms with Gasteiger partial charge in [-0.1, -0.05) is 22.6 Å². The highest BCUT2D eigenvalue weighted by atomic mass is 127. The van der Waals surface area contributed by atoms with Crippen LogP contribution in [-0.4, -0.2) is 122 Å². The SMILES string of the molecule is O=[N+]([O-])c1ccc(OCCOCCOCCOCCOCCOCCOCCOCCOCCI)cc1. The molecule has 0 radical (unpaired) electrons. The van der Waals surface area contributed by atoms with E-state index in [2.05, 4.69) is 22.6 Å². The maximum atomic E-state index is 10.6. The Labute approximate surface area is 232 Å². The third-order valence-corrected chi connectivity index (χ3v) is 4.81. The average Bonchev–Trinajstić information content (AvgIpc) is 2.91. The van der Waals surface area contributed by atoms with Gasteiger partial charge in [-0.15, -0.1) is 0 Å². The van der Waals surface area contributed by atoms with E-state index < -0.39 is 4.92 Å². The number of nitro groups is 1. The second kappa shape index (κ2) is 26.4. The number of halogens is 1. The molecule has 0 N–H and O–H groups in total. The molecule has 12 nitrogen and oxygen atoms in total. The van der Waals surface area contributed by atoms with Gasteiger partial charge in [-0.25, -0.2) is 0 Å². The zero-order valence-electron chi connectivity index (χ0n) is 21.4. The summed E-state index contributed by atoms with van der Waals surface area (Å²) in [4.78, 5) is 10.2. The lowest BCUT2D eigenvalue weighted by atomic mass is 10.3. The molecular weight excluding hydrogens is 605 g/mol. The number of ether oxygens (including phenoxy) is 9. The van der Waals surface area contributed by atoms with Crippen LogP contribution in [0.3, 0.4) is 0 Å². The topological polar surface area (TPSA) is 126 Å². The van der Waals surface area contributed by atoms with E-state index in [-0.39, 0.29) is 5.69 Å². The molecule has 0 heterocycles. The molecule has 0 bridgehead atoms. The van der Waals surface area contributed by atoms with Crippen molar-refractivity contribution in [2.24, 2.45) is 0 Å². The zero-order chi connectivity index (χ0) is 26.7. The van der Waals surface area contributed by atoms with E-state index >= 15 is 0 Å². The third-order valence-electron chi connectivity index (χ3n) is 4.37. The van der Waals surface area contributed by atoms with E-state index in [1.165, 1.54) is 12.1 Å². The van der Waals surface area contributed by atoms with Gasteiger partial charge in [-0.2, -0.15) is 0 Å². The van der Waals surface area contributed by atoms with E-state index in [0.29, 0.717) is 111 Å². The quantitative estimate of drug-likeness (QED) is 0.0439. The summed E-state index contributed by atoms with van der Waals surface area (Å²) in [5.41, 5.74) is 0.0295. The minimum Gasteiger partial charge on any atom is -0.491 e. The maximum absolute atomic E-state index is 10.6. The molecule has 13 heteroatoms. The Morgan fingerprint density at radius 3 is 1.11 bits per heavy atom. The van der Waals surface area contributed by atoms with E-state index in [0.717, 1.165) is 11.0 Å². The smallest absolute Gasteiger partial charge is 0.269 e. The van der Waals surface area contributed by atoms with Crippen molar-refractivity contribution in [3.05, 3.63) is 34.4 Å². The highest BCUT2D eigenvalue weighted by Gasteiger charge is 2.04. The molecule has 0 fully saturated rings. The number of rotatable bonds is 28. The average molecular weight is 645 g/mol. The molecule has 0 atom stereocenters. The number of non-ortho nitro benzene ring substituents is 1. The minimum atomic E-state index is -0.450. The Bertz CT molecular complexity index is 640. The van der Waals surface area contributed by atoms with E-state index in [4.69, 9.17) is 42.6 Å². The lowest BCUT2D eigenvalue weighted by Crippen LogP contribution is -2.15. The predicted molar refractivity (Wildman–Crippen MR) is 144 cm³/mol. The van der Waals surface area contributed by atoms with Crippen LogP contribution in [0.15, 0.2) is 24.3 Å². The summed E-state index contributed by atoms with van der Waals surface area (Å²) in [5.74, 6) is 0.561. The maximum Gasteiger partial charge on any atom is 0.269 e. The van der Waals surface area contributed by atoms with Crippen molar-refractivity contribution in [2.45, 2.75) is 0 Å². The molecule has 1 aromatic rings. The Hall–Kier alpha value is -1.17. The number of alkyl halides is 1. The van der Waals surface area contributed by atoms with Gasteiger partial charge in [0.05, 0.1) is 111 Å². The number of hydrogen-bond donors (Lipinski definition) is 0. The van der Waals surface area contributed by atoms with Crippen LogP contribution >= 0.6 is 22.6 Å². The third kappa shape index (κ3) is 22.5. The predicted octanol–water partition coefficient (Wildman–Crippen LogP) is 2.54. The summed E-state index contributed by atoms with van der Waals surface area (Å²) in [6.07, 6.45) is 0. The van der Waals surface area contributed by atoms with Gasteiger partial charge >= 0.3 is 0 Å². The standard InChI is InChI=1S/C24H40INO11/c25-5-6-29-7-8-30-9-10-31-11-12-32-13-14-33-15-16-34-17-18-35-19-20-36-21-22-37-24-3-1-23(2-4-24)26(27)28/h1-4H,5-22H2. The summed E-state index contributed by atoms with van der Waals surface area (Å²) in [5, 5.41) is 10.6. The van der Waals surface area contributed by atoms with Gasteiger partial charge in [0.15, 0.2) is 0 Å². The summed E-state index contributed by atoms with van der Waals surface area (Å²) in [6.45, 7) is 8.73. The van der Waals surface area contributed by atoms with Crippen LogP contribution in [0.2, 0.25) is 0 Å². The van der Waals surface area contributed by atoms with Gasteiger partial charge in [0, 0.05) is 16.6 Å². The summed E-state index contributed by atoms with van der Waals surface area (Å²) in [7, 11) is 0. The Morgan fingerprint density at radius 2 is 0.811 bits per heavy atom. The Kier molecular flexibility index (Phi) is 24.2. The molecule has 0 unspecified atom stereocenters. The van der Waals surface area contributed by atoms with Crippen LogP contribution < -0.4 is 4.74 Å². The number of nitrogens with zero attached hydrogens (tertiary/aromatic N) is 1. The van der Waals surface area contributed by atoms with Crippen LogP contribution in [0.25, 0.3) is 0 Å². The molecular formula is C24H40INO11. The fourth-order valence-corrected chi connectivity index (χ4v) is 2.89. The summed E-state index contributed by atoms with van der Waals surface area (Å²) < 4.78 is 49.7. The number of hydrogen-bond acceptors (Lipinski definition) is 11. The second-order valence-electron chi connectivity index (χ2n) is 7.19. The van der Waals surface area contributed by atoms with Crippen molar-refractivity contribution in [2.75, 3.05) is 117 Å². The molecule has 0 amide bonds. The molecule has 1 aromatic carbocycles. The fourth-order valence-electron chi connectivity index (χ4n) is 2.58. The molecule has 0 aromatic heterocycles. The van der Waals surface area contributed by atoms with Crippen molar-refractivity contribution in [3.63, 3.8) is 0 Å². The first kappa shape index (κ1) is 33.9. The van der Waals surface area contributed by atoms with E-state index in [9.17, 15) is 10.1 Å². The Balaban J connectivity index is 1.69. The number of nitro benzene ring substituents is 1. The van der Waals surface area contributed by atoms with Crippen LogP contribution in [0, 0.1) is 10.1 Å². The molecule has 0 saturated heterocycles. The minimum absolute atomic E-state index is 0.0295. The molecule has 0 aliphatic carbocycles. The highest BCUT2D eigenvalue weighted by molar-refractivity contribution is 14.1. The van der Waals surface area contributed by atoms with Crippen molar-refractivity contribution in [3.8, 4) is 5.75 Å². The molecule has 0 spiro atoms. The van der Waals surface area contributed by atoms with Crippen LogP contribution in [0.5, 0.6) is 5.75 Å². The molecule has 0 saturated carbocycles. The van der Waals surface area contributed by atoms with Gasteiger partial charge in [-0.3, -0.25) is 10.1 Å². The summed E-state index contributed by atoms with van der Waals surface area (Å²) >= 11 is 2.27. The lowest BCUT2D eigenvalue weighted by Gasteiger charge is -2.09. The molecule has 214 valence electrons.